The van der Waals surface area contributed by atoms with E-state index in [9.17, 15) is 0 Å². The number of piperidine rings is 1. The van der Waals surface area contributed by atoms with Gasteiger partial charge < -0.3 is 5.73 Å². The number of hydrogen-bond acceptors (Lipinski definition) is 4. The van der Waals surface area contributed by atoms with E-state index in [1.54, 1.807) is 6.20 Å². The molecule has 88 valence electrons. The highest BCUT2D eigenvalue weighted by atomic mass is 35.5. The van der Waals surface area contributed by atoms with E-state index >= 15 is 0 Å². The first-order chi connectivity index (χ1) is 7.79. The lowest BCUT2D eigenvalue weighted by Crippen LogP contribution is -2.43. The van der Waals surface area contributed by atoms with Crippen molar-refractivity contribution in [1.82, 2.24) is 14.9 Å². The molecule has 1 aromatic rings. The molecule has 0 amide bonds. The number of likely N-dealkylation sites (tertiary alicyclic amines) is 1. The van der Waals surface area contributed by atoms with Crippen LogP contribution in [0.25, 0.3) is 0 Å². The zero-order valence-electron chi connectivity index (χ0n) is 9.27. The molecule has 1 aliphatic rings. The van der Waals surface area contributed by atoms with Crippen molar-refractivity contribution in [3.8, 4) is 0 Å². The normalized spacial score (nSPS) is 22.2. The minimum Gasteiger partial charge on any atom is -0.329 e. The summed E-state index contributed by atoms with van der Waals surface area (Å²) in [5.41, 5.74) is 6.75. The van der Waals surface area contributed by atoms with Gasteiger partial charge in [0.1, 0.15) is 0 Å². The van der Waals surface area contributed by atoms with Crippen molar-refractivity contribution in [3.05, 3.63) is 23.2 Å². The third-order valence-corrected chi connectivity index (χ3v) is 3.25. The summed E-state index contributed by atoms with van der Waals surface area (Å²) in [6.45, 7) is 2.65. The van der Waals surface area contributed by atoms with Crippen LogP contribution in [0.3, 0.4) is 0 Å². The van der Waals surface area contributed by atoms with Gasteiger partial charge in [0.15, 0.2) is 0 Å². The number of nitrogens with two attached hydrogens (primary N) is 1. The largest absolute Gasteiger partial charge is 0.329 e. The van der Waals surface area contributed by atoms with Gasteiger partial charge in [-0.1, -0.05) is 6.42 Å². The van der Waals surface area contributed by atoms with Crippen LogP contribution in [0.15, 0.2) is 12.3 Å². The van der Waals surface area contributed by atoms with Gasteiger partial charge in [0, 0.05) is 25.3 Å². The molecule has 2 rings (SSSR count). The molecule has 2 N–H and O–H groups in total. The second-order valence-corrected chi connectivity index (χ2v) is 4.51. The summed E-state index contributed by atoms with van der Waals surface area (Å²) < 4.78 is 0. The molecule has 1 unspecified atom stereocenters. The van der Waals surface area contributed by atoms with Gasteiger partial charge in [-0.15, -0.1) is 0 Å². The minimum absolute atomic E-state index is 0.318. The molecule has 1 saturated heterocycles. The first-order valence-corrected chi connectivity index (χ1v) is 6.09. The Morgan fingerprint density at radius 3 is 3.12 bits per heavy atom. The van der Waals surface area contributed by atoms with Crippen LogP contribution in [0, 0.1) is 0 Å². The molecule has 1 aromatic heterocycles. The van der Waals surface area contributed by atoms with Gasteiger partial charge in [-0.25, -0.2) is 9.97 Å². The highest BCUT2D eigenvalue weighted by Gasteiger charge is 2.21. The van der Waals surface area contributed by atoms with Gasteiger partial charge in [0.2, 0.25) is 5.28 Å². The Bertz CT molecular complexity index is 345. The smallest absolute Gasteiger partial charge is 0.222 e. The molecule has 0 spiro atoms. The van der Waals surface area contributed by atoms with E-state index in [0.29, 0.717) is 11.3 Å². The average Bonchev–Trinajstić information content (AvgIpc) is 2.30. The maximum Gasteiger partial charge on any atom is 0.222 e. The van der Waals surface area contributed by atoms with E-state index in [1.165, 1.54) is 19.3 Å². The molecule has 0 bridgehead atoms. The molecule has 4 nitrogen and oxygen atoms in total. The molecule has 0 aliphatic carbocycles. The maximum absolute atomic E-state index is 5.78. The molecule has 16 heavy (non-hydrogen) atoms. The molecule has 2 heterocycles. The van der Waals surface area contributed by atoms with Crippen LogP contribution in [-0.4, -0.2) is 34.0 Å². The molecule has 0 radical (unpaired) electrons. The molecule has 5 heteroatoms. The van der Waals surface area contributed by atoms with Crippen molar-refractivity contribution in [1.29, 1.82) is 0 Å². The predicted octanol–water partition coefficient (Wildman–Crippen LogP) is 1.44. The summed E-state index contributed by atoms with van der Waals surface area (Å²) in [6.07, 6.45) is 5.42. The van der Waals surface area contributed by atoms with Gasteiger partial charge in [-0.3, -0.25) is 4.90 Å². The molecule has 1 atom stereocenters. The average molecular weight is 241 g/mol. The fraction of sp³-hybridized carbons (Fsp3) is 0.636. The standard InChI is InChI=1S/C11H17ClN4/c12-11-14-5-4-9(15-11)8-16-6-2-1-3-10(16)7-13/h4-5,10H,1-3,6-8,13H2. The van der Waals surface area contributed by atoms with E-state index in [0.717, 1.165) is 25.3 Å². The van der Waals surface area contributed by atoms with E-state index in [4.69, 9.17) is 17.3 Å². The van der Waals surface area contributed by atoms with Gasteiger partial charge in [0.05, 0.1) is 5.69 Å². The summed E-state index contributed by atoms with van der Waals surface area (Å²) in [5, 5.41) is 0.318. The molecule has 0 aromatic carbocycles. The van der Waals surface area contributed by atoms with Crippen molar-refractivity contribution < 1.29 is 0 Å². The first-order valence-electron chi connectivity index (χ1n) is 5.71. The Morgan fingerprint density at radius 1 is 1.50 bits per heavy atom. The molecule has 1 aliphatic heterocycles. The third kappa shape index (κ3) is 2.90. The summed E-state index contributed by atoms with van der Waals surface area (Å²) in [4.78, 5) is 10.5. The fourth-order valence-electron chi connectivity index (χ4n) is 2.20. The summed E-state index contributed by atoms with van der Waals surface area (Å²) in [6, 6.07) is 2.40. The highest BCUT2D eigenvalue weighted by Crippen LogP contribution is 2.18. The Hall–Kier alpha value is -0.710. The van der Waals surface area contributed by atoms with Crippen LogP contribution >= 0.6 is 11.6 Å². The first kappa shape index (κ1) is 11.8. The van der Waals surface area contributed by atoms with Crippen LogP contribution in [-0.2, 0) is 6.54 Å². The number of hydrogen-bond donors (Lipinski definition) is 1. The van der Waals surface area contributed by atoms with Crippen LogP contribution in [0.1, 0.15) is 25.0 Å². The van der Waals surface area contributed by atoms with Crippen molar-refractivity contribution >= 4 is 11.6 Å². The van der Waals surface area contributed by atoms with Crippen LogP contribution in [0.4, 0.5) is 0 Å². The predicted molar refractivity (Wildman–Crippen MR) is 64.1 cm³/mol. The van der Waals surface area contributed by atoms with E-state index in [-0.39, 0.29) is 0 Å². The zero-order valence-corrected chi connectivity index (χ0v) is 10.0. The van der Waals surface area contributed by atoms with Crippen LogP contribution in [0.2, 0.25) is 5.28 Å². The second-order valence-electron chi connectivity index (χ2n) is 4.17. The highest BCUT2D eigenvalue weighted by molar-refractivity contribution is 6.28. The van der Waals surface area contributed by atoms with Gasteiger partial charge in [0.25, 0.3) is 0 Å². The van der Waals surface area contributed by atoms with Gasteiger partial charge >= 0.3 is 0 Å². The number of nitrogens with zero attached hydrogens (tertiary/aromatic N) is 3. The minimum atomic E-state index is 0.318. The van der Waals surface area contributed by atoms with Crippen LogP contribution in [0.5, 0.6) is 0 Å². The second kappa shape index (κ2) is 5.57. The number of aromatic nitrogens is 2. The summed E-state index contributed by atoms with van der Waals surface area (Å²) in [5.74, 6) is 0. The Balaban J connectivity index is 2.02. The lowest BCUT2D eigenvalue weighted by Gasteiger charge is -2.34. The van der Waals surface area contributed by atoms with Crippen molar-refractivity contribution in [2.75, 3.05) is 13.1 Å². The van der Waals surface area contributed by atoms with E-state index < -0.39 is 0 Å². The SMILES string of the molecule is NCC1CCCCN1Cc1ccnc(Cl)n1. The quantitative estimate of drug-likeness (QED) is 0.813. The Morgan fingerprint density at radius 2 is 2.38 bits per heavy atom. The maximum atomic E-state index is 5.78. The molecular formula is C11H17ClN4. The van der Waals surface area contributed by atoms with Gasteiger partial charge in [-0.2, -0.15) is 0 Å². The third-order valence-electron chi connectivity index (χ3n) is 3.07. The van der Waals surface area contributed by atoms with E-state index in [1.807, 2.05) is 6.07 Å². The van der Waals surface area contributed by atoms with Gasteiger partial charge in [-0.05, 0) is 37.1 Å². The monoisotopic (exact) mass is 240 g/mol. The fourth-order valence-corrected chi connectivity index (χ4v) is 2.37. The lowest BCUT2D eigenvalue weighted by atomic mass is 10.0. The topological polar surface area (TPSA) is 55.0 Å². The molecule has 1 fully saturated rings. The Labute approximate surface area is 101 Å². The number of rotatable bonds is 3. The zero-order chi connectivity index (χ0) is 11.4. The van der Waals surface area contributed by atoms with Crippen molar-refractivity contribution in [2.45, 2.75) is 31.8 Å². The lowest BCUT2D eigenvalue weighted by molar-refractivity contribution is 0.143. The van der Waals surface area contributed by atoms with Crippen LogP contribution < -0.4 is 5.73 Å². The molecule has 0 saturated carbocycles. The van der Waals surface area contributed by atoms with Crippen molar-refractivity contribution in [2.24, 2.45) is 5.73 Å². The molecular weight excluding hydrogens is 224 g/mol. The number of halogens is 1. The van der Waals surface area contributed by atoms with Crippen molar-refractivity contribution in [3.63, 3.8) is 0 Å². The van der Waals surface area contributed by atoms with E-state index in [2.05, 4.69) is 14.9 Å². The summed E-state index contributed by atoms with van der Waals surface area (Å²) in [7, 11) is 0. The summed E-state index contributed by atoms with van der Waals surface area (Å²) >= 11 is 5.77. The Kier molecular flexibility index (Phi) is 4.09.